The molecule has 362 valence electrons. The summed E-state index contributed by atoms with van der Waals surface area (Å²) < 4.78 is 19.2. The van der Waals surface area contributed by atoms with E-state index < -0.39 is 39.7 Å². The van der Waals surface area contributed by atoms with Crippen molar-refractivity contribution in [3.05, 3.63) is 12.2 Å². The summed E-state index contributed by atoms with van der Waals surface area (Å²) in [7, 11) is 0. The number of fused-ring (bicyclic) bond motifs is 5. The van der Waals surface area contributed by atoms with Crippen LogP contribution >= 0.6 is 0 Å². The Bertz CT molecular complexity index is 1530. The first-order valence-electron chi connectivity index (χ1n) is 26.0. The van der Waals surface area contributed by atoms with Gasteiger partial charge < -0.3 is 25.7 Å². The van der Waals surface area contributed by atoms with E-state index in [-0.39, 0.29) is 53.9 Å². The number of hydrogen-bond acceptors (Lipinski definition) is 9. The van der Waals surface area contributed by atoms with E-state index in [0.717, 1.165) is 44.9 Å². The van der Waals surface area contributed by atoms with Crippen molar-refractivity contribution in [2.75, 3.05) is 13.1 Å². The van der Waals surface area contributed by atoms with Gasteiger partial charge in [-0.3, -0.25) is 19.2 Å². The Labute approximate surface area is 384 Å². The highest BCUT2D eigenvalue weighted by atomic mass is 16.6. The topological polar surface area (TPSA) is 148 Å². The van der Waals surface area contributed by atoms with Crippen molar-refractivity contribution >= 4 is 23.7 Å². The molecule has 0 aromatic carbocycles. The van der Waals surface area contributed by atoms with Gasteiger partial charge in [0.2, 0.25) is 0 Å². The summed E-state index contributed by atoms with van der Waals surface area (Å²) in [5.41, 5.74) is 9.20. The Morgan fingerprint density at radius 3 is 1.73 bits per heavy atom. The molecule has 4 rings (SSSR count). The predicted molar refractivity (Wildman–Crippen MR) is 255 cm³/mol. The van der Waals surface area contributed by atoms with Crippen LogP contribution in [0.1, 0.15) is 229 Å². The molecule has 0 bridgehead atoms. The molecular formula is C54H94N2O7. The molecule has 0 unspecified atom stereocenters. The van der Waals surface area contributed by atoms with Gasteiger partial charge in [-0.25, -0.2) is 0 Å². The monoisotopic (exact) mass is 883 g/mol. The highest BCUT2D eigenvalue weighted by Gasteiger charge is 2.82. The van der Waals surface area contributed by atoms with Gasteiger partial charge >= 0.3 is 17.9 Å². The maximum atomic E-state index is 13.5. The van der Waals surface area contributed by atoms with Crippen LogP contribution in [0.3, 0.4) is 0 Å². The summed E-state index contributed by atoms with van der Waals surface area (Å²) in [5, 5.41) is 0. The molecule has 0 aromatic rings. The molecule has 4 fully saturated rings. The Hall–Kier alpha value is -2.26. The molecule has 0 amide bonds. The fourth-order valence-corrected chi connectivity index (χ4v) is 14.6. The molecule has 4 aliphatic carbocycles. The summed E-state index contributed by atoms with van der Waals surface area (Å²) in [6.45, 7) is 20.3. The molecule has 0 spiro atoms. The molecule has 9 nitrogen and oxygen atoms in total. The number of unbranched alkanes of at least 4 members (excludes halogenated alkanes) is 13. The minimum Gasteiger partial charge on any atom is -0.462 e. The average molecular weight is 883 g/mol. The van der Waals surface area contributed by atoms with Crippen molar-refractivity contribution in [3.63, 3.8) is 0 Å². The SMILES string of the molecule is CCCCCCCC/C=C\CCCCCCCCCC(=O)CC[C@@H](C)[C@H]1CC[C@]2(C)[C@]1(C)[C@@H](OC(=O)CC)C[C@]1(C)[C@@]3(C)CC[C@@H](OC(=O)CN)C[C@@]3(C)C[C@@H](OC(=O)CN)[C@@]21C. The second-order valence-electron chi connectivity index (χ2n) is 22.3. The Balaban J connectivity index is 1.40. The Kier molecular flexibility index (Phi) is 19.9. The van der Waals surface area contributed by atoms with Gasteiger partial charge in [0, 0.05) is 30.1 Å². The van der Waals surface area contributed by atoms with E-state index in [4.69, 9.17) is 25.7 Å². The fraction of sp³-hybridized carbons (Fsp3) is 0.889. The Morgan fingerprint density at radius 1 is 0.603 bits per heavy atom. The van der Waals surface area contributed by atoms with E-state index in [9.17, 15) is 19.2 Å². The van der Waals surface area contributed by atoms with Crippen molar-refractivity contribution in [3.8, 4) is 0 Å². The number of nitrogens with two attached hydrogens (primary N) is 2. The molecule has 4 aliphatic rings. The molecule has 0 aliphatic heterocycles. The van der Waals surface area contributed by atoms with Crippen molar-refractivity contribution in [2.24, 2.45) is 55.8 Å². The molecule has 0 saturated heterocycles. The zero-order valence-electron chi connectivity index (χ0n) is 41.9. The molecule has 0 aromatic heterocycles. The molecule has 0 radical (unpaired) electrons. The van der Waals surface area contributed by atoms with Gasteiger partial charge in [0.15, 0.2) is 0 Å². The van der Waals surface area contributed by atoms with E-state index >= 15 is 0 Å². The van der Waals surface area contributed by atoms with Crippen molar-refractivity contribution in [1.82, 2.24) is 0 Å². The van der Waals surface area contributed by atoms with Crippen LogP contribution in [0.15, 0.2) is 12.2 Å². The van der Waals surface area contributed by atoms with E-state index in [1.54, 1.807) is 0 Å². The quantitative estimate of drug-likeness (QED) is 0.0356. The number of allylic oxidation sites excluding steroid dienone is 2. The van der Waals surface area contributed by atoms with Crippen LogP contribution in [0.25, 0.3) is 0 Å². The van der Waals surface area contributed by atoms with Gasteiger partial charge in [-0.15, -0.1) is 0 Å². The van der Waals surface area contributed by atoms with Crippen LogP contribution in [-0.2, 0) is 33.4 Å². The summed E-state index contributed by atoms with van der Waals surface area (Å²) in [6, 6.07) is 0. The summed E-state index contributed by atoms with van der Waals surface area (Å²) >= 11 is 0. The minimum atomic E-state index is -0.516. The normalized spacial score (nSPS) is 35.3. The number of rotatable bonds is 27. The van der Waals surface area contributed by atoms with Gasteiger partial charge in [-0.2, -0.15) is 0 Å². The summed E-state index contributed by atoms with van der Waals surface area (Å²) in [5.74, 6) is -0.202. The van der Waals surface area contributed by atoms with Gasteiger partial charge in [-0.1, -0.05) is 139 Å². The standard InChI is InChI=1S/C54H94N2O7/c1-10-12-13-14-15-16-17-18-19-20-21-22-23-24-25-26-27-28-41(57)30-29-40(3)43-32-34-51(6)53(43,8)44(62-46(58)11-2)37-52(7)50(5)33-31-42(61-47(59)38-55)35-49(50,4)36-45(54(51,52)9)63-48(60)39-56/h18-19,40,42-45H,10-17,20-39,55-56H2,1-9H3/b19-18-/t40-,42-,43-,44+,45-,49+,50+,51-,52-,53+,54+/m1/s1. The van der Waals surface area contributed by atoms with Crippen LogP contribution in [0.5, 0.6) is 0 Å². The highest BCUT2D eigenvalue weighted by molar-refractivity contribution is 5.78. The van der Waals surface area contributed by atoms with Crippen molar-refractivity contribution in [2.45, 2.75) is 248 Å². The molecule has 4 saturated carbocycles. The molecule has 9 heteroatoms. The average Bonchev–Trinajstić information content (AvgIpc) is 3.55. The first-order valence-corrected chi connectivity index (χ1v) is 26.0. The largest absolute Gasteiger partial charge is 0.462 e. The third kappa shape index (κ3) is 11.1. The number of carbonyl (C=O) groups is 4. The van der Waals surface area contributed by atoms with Gasteiger partial charge in [0.1, 0.15) is 24.1 Å². The maximum Gasteiger partial charge on any atom is 0.319 e. The zero-order chi connectivity index (χ0) is 46.5. The molecule has 0 heterocycles. The maximum absolute atomic E-state index is 13.5. The number of hydrogen-bond donors (Lipinski definition) is 2. The minimum absolute atomic E-state index is 0.162. The lowest BCUT2D eigenvalue weighted by molar-refractivity contribution is -0.346. The smallest absolute Gasteiger partial charge is 0.319 e. The van der Waals surface area contributed by atoms with E-state index in [1.165, 1.54) is 83.5 Å². The second kappa shape index (κ2) is 23.5. The van der Waals surface area contributed by atoms with Crippen LogP contribution in [0.2, 0.25) is 0 Å². The van der Waals surface area contributed by atoms with Crippen LogP contribution in [0.4, 0.5) is 0 Å². The first-order chi connectivity index (χ1) is 29.9. The van der Waals surface area contributed by atoms with E-state index in [1.807, 2.05) is 6.92 Å². The second-order valence-corrected chi connectivity index (χ2v) is 22.3. The third-order valence-electron chi connectivity index (χ3n) is 19.2. The number of ether oxygens (including phenoxy) is 3. The van der Waals surface area contributed by atoms with Crippen molar-refractivity contribution < 1.29 is 33.4 Å². The lowest BCUT2D eigenvalue weighted by Crippen LogP contribution is -2.78. The van der Waals surface area contributed by atoms with Crippen molar-refractivity contribution in [1.29, 1.82) is 0 Å². The summed E-state index contributed by atoms with van der Waals surface area (Å²) in [6.07, 6.45) is 30.3. The van der Waals surface area contributed by atoms with Crippen LogP contribution in [-0.4, -0.2) is 55.1 Å². The van der Waals surface area contributed by atoms with Crippen LogP contribution in [0, 0.1) is 44.3 Å². The molecule has 4 N–H and O–H groups in total. The van der Waals surface area contributed by atoms with Gasteiger partial charge in [-0.05, 0) is 117 Å². The number of ketones is 1. The van der Waals surface area contributed by atoms with E-state index in [2.05, 4.69) is 67.5 Å². The van der Waals surface area contributed by atoms with E-state index in [0.29, 0.717) is 44.3 Å². The Morgan fingerprint density at radius 2 is 1.14 bits per heavy atom. The first kappa shape index (κ1) is 53.4. The van der Waals surface area contributed by atoms with Crippen LogP contribution < -0.4 is 11.5 Å². The number of esters is 3. The third-order valence-corrected chi connectivity index (χ3v) is 19.2. The predicted octanol–water partition coefficient (Wildman–Crippen LogP) is 12.3. The lowest BCUT2D eigenvalue weighted by Gasteiger charge is -2.79. The molecular weight excluding hydrogens is 789 g/mol. The zero-order valence-corrected chi connectivity index (χ0v) is 41.9. The molecule has 63 heavy (non-hydrogen) atoms. The summed E-state index contributed by atoms with van der Waals surface area (Å²) in [4.78, 5) is 52.6. The number of carbonyl (C=O) groups excluding carboxylic acids is 4. The number of Topliss-reactive ketones (excluding diaryl/α,β-unsaturated/α-hetero) is 1. The fourth-order valence-electron chi connectivity index (χ4n) is 14.6. The van der Waals surface area contributed by atoms with Gasteiger partial charge in [0.25, 0.3) is 0 Å². The molecule has 11 atom stereocenters. The lowest BCUT2D eigenvalue weighted by atomic mass is 9.26. The highest BCUT2D eigenvalue weighted by Crippen LogP contribution is 2.84. The van der Waals surface area contributed by atoms with Gasteiger partial charge in [0.05, 0.1) is 13.1 Å².